The van der Waals surface area contributed by atoms with E-state index >= 15 is 0 Å². The van der Waals surface area contributed by atoms with E-state index in [0.29, 0.717) is 21.3 Å². The van der Waals surface area contributed by atoms with Crippen LogP contribution in [0.5, 0.6) is 0 Å². The van der Waals surface area contributed by atoms with Gasteiger partial charge in [0.15, 0.2) is 0 Å². The summed E-state index contributed by atoms with van der Waals surface area (Å²) in [7, 11) is 0. The molecule has 0 bridgehead atoms. The lowest BCUT2D eigenvalue weighted by Gasteiger charge is -2.07. The molecule has 0 amide bonds. The molecule has 6 heteroatoms. The molecule has 1 aromatic heterocycles. The number of rotatable bonds is 4. The molecule has 0 aliphatic rings. The van der Waals surface area contributed by atoms with Gasteiger partial charge in [0.1, 0.15) is 5.71 Å². The van der Waals surface area contributed by atoms with Gasteiger partial charge in [-0.05, 0) is 48.5 Å². The summed E-state index contributed by atoms with van der Waals surface area (Å²) in [6.45, 7) is 0. The maximum absolute atomic E-state index is 12.2. The molecule has 0 saturated heterocycles. The van der Waals surface area contributed by atoms with Crippen molar-refractivity contribution in [1.29, 1.82) is 0 Å². The van der Waals surface area contributed by atoms with Gasteiger partial charge in [0.05, 0.1) is 5.56 Å². The van der Waals surface area contributed by atoms with Gasteiger partial charge >= 0.3 is 5.97 Å². The molecule has 0 unspecified atom stereocenters. The summed E-state index contributed by atoms with van der Waals surface area (Å²) in [5, 5.41) is 5.20. The molecule has 0 aliphatic carbocycles. The molecule has 3 aromatic rings. The second-order valence-corrected chi connectivity index (χ2v) is 5.94. The first kappa shape index (κ1) is 17.1. The molecule has 0 spiro atoms. The van der Waals surface area contributed by atoms with Gasteiger partial charge in [-0.1, -0.05) is 40.5 Å². The van der Waals surface area contributed by atoms with Crippen LogP contribution in [0, 0.1) is 0 Å². The van der Waals surface area contributed by atoms with Crippen LogP contribution >= 0.6 is 23.2 Å². The van der Waals surface area contributed by atoms with Crippen molar-refractivity contribution in [3.63, 3.8) is 0 Å². The first-order valence-corrected chi connectivity index (χ1v) is 8.10. The molecule has 0 N–H and O–H groups in total. The zero-order valence-corrected chi connectivity index (χ0v) is 14.4. The van der Waals surface area contributed by atoms with Gasteiger partial charge in [0.25, 0.3) is 0 Å². The van der Waals surface area contributed by atoms with Crippen molar-refractivity contribution in [2.45, 2.75) is 0 Å². The number of pyridine rings is 1. The predicted octanol–water partition coefficient (Wildman–Crippen LogP) is 5.00. The van der Waals surface area contributed by atoms with Crippen LogP contribution in [-0.4, -0.2) is 16.7 Å². The van der Waals surface area contributed by atoms with Gasteiger partial charge in [-0.25, -0.2) is 4.79 Å². The fraction of sp³-hybridized carbons (Fsp3) is 0. The monoisotopic (exact) mass is 370 g/mol. The van der Waals surface area contributed by atoms with E-state index < -0.39 is 5.97 Å². The van der Waals surface area contributed by atoms with E-state index in [1.165, 1.54) is 0 Å². The van der Waals surface area contributed by atoms with Crippen LogP contribution in [0.4, 0.5) is 0 Å². The Balaban J connectivity index is 1.91. The third kappa shape index (κ3) is 4.44. The zero-order valence-electron chi connectivity index (χ0n) is 12.9. The van der Waals surface area contributed by atoms with Gasteiger partial charge in [-0.3, -0.25) is 4.98 Å². The molecule has 0 aliphatic heterocycles. The van der Waals surface area contributed by atoms with Crippen molar-refractivity contribution >= 4 is 34.9 Å². The van der Waals surface area contributed by atoms with E-state index in [4.69, 9.17) is 28.0 Å². The molecule has 0 fully saturated rings. The molecular weight excluding hydrogens is 359 g/mol. The SMILES string of the molecule is O=C(O/N=C(\c1ccncc1)c1ccc(Cl)cc1)c1ccc(Cl)cc1. The minimum Gasteiger partial charge on any atom is -0.312 e. The first-order valence-electron chi connectivity index (χ1n) is 7.35. The van der Waals surface area contributed by atoms with Gasteiger partial charge in [-0.15, -0.1) is 0 Å². The van der Waals surface area contributed by atoms with Gasteiger partial charge in [0.2, 0.25) is 0 Å². The topological polar surface area (TPSA) is 51.5 Å². The summed E-state index contributed by atoms with van der Waals surface area (Å²) in [5.41, 5.74) is 2.39. The Morgan fingerprint density at radius 2 is 1.24 bits per heavy atom. The second-order valence-electron chi connectivity index (χ2n) is 5.07. The molecule has 2 aromatic carbocycles. The number of carbonyl (C=O) groups excluding carboxylic acids is 1. The number of hydrogen-bond acceptors (Lipinski definition) is 4. The van der Waals surface area contributed by atoms with Crippen molar-refractivity contribution in [1.82, 2.24) is 4.98 Å². The highest BCUT2D eigenvalue weighted by molar-refractivity contribution is 6.31. The lowest BCUT2D eigenvalue weighted by atomic mass is 10.0. The van der Waals surface area contributed by atoms with Crippen LogP contribution in [0.1, 0.15) is 21.5 Å². The van der Waals surface area contributed by atoms with Crippen LogP contribution in [0.2, 0.25) is 10.0 Å². The third-order valence-corrected chi connectivity index (χ3v) is 3.88. The quantitative estimate of drug-likeness (QED) is 0.369. The number of aromatic nitrogens is 1. The Morgan fingerprint density at radius 3 is 1.80 bits per heavy atom. The molecule has 124 valence electrons. The molecular formula is C19H12Cl2N2O2. The summed E-state index contributed by atoms with van der Waals surface area (Å²) in [6, 6.07) is 17.0. The van der Waals surface area contributed by atoms with Crippen molar-refractivity contribution in [3.8, 4) is 0 Å². The van der Waals surface area contributed by atoms with E-state index in [1.807, 2.05) is 0 Å². The van der Waals surface area contributed by atoms with E-state index in [1.54, 1.807) is 73.1 Å². The average molecular weight is 371 g/mol. The summed E-state index contributed by atoms with van der Waals surface area (Å²) < 4.78 is 0. The summed E-state index contributed by atoms with van der Waals surface area (Å²) in [5.74, 6) is -0.572. The van der Waals surface area contributed by atoms with Crippen LogP contribution in [0.15, 0.2) is 78.2 Å². The molecule has 0 saturated carbocycles. The van der Waals surface area contributed by atoms with Gasteiger partial charge in [0, 0.05) is 33.6 Å². The van der Waals surface area contributed by atoms with Crippen molar-refractivity contribution in [3.05, 3.63) is 99.8 Å². The second kappa shape index (κ2) is 7.92. The van der Waals surface area contributed by atoms with E-state index in [0.717, 1.165) is 11.1 Å². The first-order chi connectivity index (χ1) is 12.1. The Hall–Kier alpha value is -2.69. The molecule has 25 heavy (non-hydrogen) atoms. The lowest BCUT2D eigenvalue weighted by Crippen LogP contribution is -2.08. The molecule has 0 atom stereocenters. The highest BCUT2D eigenvalue weighted by Gasteiger charge is 2.11. The molecule has 3 rings (SSSR count). The van der Waals surface area contributed by atoms with Crippen molar-refractivity contribution in [2.24, 2.45) is 5.16 Å². The van der Waals surface area contributed by atoms with Gasteiger partial charge < -0.3 is 4.84 Å². The minimum absolute atomic E-state index is 0.360. The Morgan fingerprint density at radius 1 is 0.760 bits per heavy atom. The van der Waals surface area contributed by atoms with Crippen LogP contribution < -0.4 is 0 Å². The van der Waals surface area contributed by atoms with E-state index in [-0.39, 0.29) is 0 Å². The van der Waals surface area contributed by atoms with E-state index in [2.05, 4.69) is 10.1 Å². The molecule has 0 radical (unpaired) electrons. The number of benzene rings is 2. The number of hydrogen-bond donors (Lipinski definition) is 0. The maximum atomic E-state index is 12.2. The number of carbonyl (C=O) groups is 1. The molecule has 1 heterocycles. The number of nitrogens with zero attached hydrogens (tertiary/aromatic N) is 2. The fourth-order valence-electron chi connectivity index (χ4n) is 2.12. The third-order valence-electron chi connectivity index (χ3n) is 3.37. The lowest BCUT2D eigenvalue weighted by molar-refractivity contribution is 0.0517. The maximum Gasteiger partial charge on any atom is 0.365 e. The van der Waals surface area contributed by atoms with Crippen LogP contribution in [0.25, 0.3) is 0 Å². The highest BCUT2D eigenvalue weighted by Crippen LogP contribution is 2.16. The van der Waals surface area contributed by atoms with Crippen molar-refractivity contribution in [2.75, 3.05) is 0 Å². The Kier molecular flexibility index (Phi) is 5.43. The fourth-order valence-corrected chi connectivity index (χ4v) is 2.37. The van der Waals surface area contributed by atoms with Crippen molar-refractivity contribution < 1.29 is 9.63 Å². The highest BCUT2D eigenvalue weighted by atomic mass is 35.5. The normalized spacial score (nSPS) is 11.2. The largest absolute Gasteiger partial charge is 0.365 e. The Labute approximate surface area is 154 Å². The summed E-state index contributed by atoms with van der Waals surface area (Å²) in [6.07, 6.45) is 3.28. The van der Waals surface area contributed by atoms with Crippen LogP contribution in [-0.2, 0) is 4.84 Å². The van der Waals surface area contributed by atoms with E-state index in [9.17, 15) is 4.79 Å². The van der Waals surface area contributed by atoms with Crippen LogP contribution in [0.3, 0.4) is 0 Å². The predicted molar refractivity (Wildman–Crippen MR) is 98.2 cm³/mol. The zero-order chi connectivity index (χ0) is 17.6. The minimum atomic E-state index is -0.572. The smallest absolute Gasteiger partial charge is 0.312 e. The number of halogens is 2. The standard InChI is InChI=1S/C19H12Cl2N2O2/c20-16-5-1-13(2-6-16)18(14-9-11-22-12-10-14)23-25-19(24)15-3-7-17(21)8-4-15/h1-12H/b23-18-. The molecule has 4 nitrogen and oxygen atoms in total. The van der Waals surface area contributed by atoms with Gasteiger partial charge in [-0.2, -0.15) is 0 Å². The average Bonchev–Trinajstić information content (AvgIpc) is 2.64. The summed E-state index contributed by atoms with van der Waals surface area (Å²) >= 11 is 11.8. The summed E-state index contributed by atoms with van der Waals surface area (Å²) in [4.78, 5) is 21.3. The number of oxime groups is 1. The Bertz CT molecular complexity index is 893.